The van der Waals surface area contributed by atoms with Gasteiger partial charge in [-0.15, -0.1) is 0 Å². The number of hydrogen-bond donors (Lipinski definition) is 1. The van der Waals surface area contributed by atoms with Crippen LogP contribution in [-0.2, 0) is 4.79 Å². The first-order chi connectivity index (χ1) is 6.77. The lowest BCUT2D eigenvalue weighted by atomic mass is 9.89. The molecule has 1 aliphatic rings. The zero-order chi connectivity index (χ0) is 9.97. The standard InChI is InChI=1S/C11H12O3/c12-9-5-3-8(4-6-9)11(13)10-2-1-7-14-10/h1-3,5,7-8,11,13H,4,6H2. The molecular weight excluding hydrogens is 180 g/mol. The summed E-state index contributed by atoms with van der Waals surface area (Å²) in [5, 5.41) is 9.86. The van der Waals surface area contributed by atoms with Crippen LogP contribution in [0.1, 0.15) is 24.7 Å². The van der Waals surface area contributed by atoms with Crippen LogP contribution >= 0.6 is 0 Å². The molecule has 0 aromatic carbocycles. The van der Waals surface area contributed by atoms with E-state index < -0.39 is 6.10 Å². The third-order valence-electron chi connectivity index (χ3n) is 2.49. The van der Waals surface area contributed by atoms with Crippen LogP contribution in [0, 0.1) is 5.92 Å². The summed E-state index contributed by atoms with van der Waals surface area (Å²) in [4.78, 5) is 10.9. The highest BCUT2D eigenvalue weighted by Crippen LogP contribution is 2.29. The number of ketones is 1. The molecule has 3 heteroatoms. The van der Waals surface area contributed by atoms with E-state index in [4.69, 9.17) is 4.42 Å². The van der Waals surface area contributed by atoms with Gasteiger partial charge in [-0.05, 0) is 24.6 Å². The minimum absolute atomic E-state index is 0.00106. The van der Waals surface area contributed by atoms with E-state index in [-0.39, 0.29) is 11.7 Å². The van der Waals surface area contributed by atoms with Crippen LogP contribution in [0.4, 0.5) is 0 Å². The zero-order valence-electron chi connectivity index (χ0n) is 7.72. The molecule has 2 rings (SSSR count). The van der Waals surface area contributed by atoms with Crippen molar-refractivity contribution in [3.8, 4) is 0 Å². The van der Waals surface area contributed by atoms with Gasteiger partial charge in [-0.25, -0.2) is 0 Å². The Morgan fingerprint density at radius 1 is 1.57 bits per heavy atom. The highest BCUT2D eigenvalue weighted by atomic mass is 16.4. The van der Waals surface area contributed by atoms with Crippen molar-refractivity contribution >= 4 is 5.78 Å². The third-order valence-corrected chi connectivity index (χ3v) is 2.49. The number of aliphatic hydroxyl groups is 1. The summed E-state index contributed by atoms with van der Waals surface area (Å²) in [6.07, 6.45) is 5.42. The van der Waals surface area contributed by atoms with Crippen LogP contribution in [0.25, 0.3) is 0 Å². The molecular formula is C11H12O3. The number of carbonyl (C=O) groups excluding carboxylic acids is 1. The average molecular weight is 192 g/mol. The first-order valence-electron chi connectivity index (χ1n) is 4.70. The van der Waals surface area contributed by atoms with Gasteiger partial charge in [-0.3, -0.25) is 4.79 Å². The van der Waals surface area contributed by atoms with Gasteiger partial charge < -0.3 is 9.52 Å². The molecule has 1 aromatic heterocycles. The summed E-state index contributed by atoms with van der Waals surface area (Å²) in [6, 6.07) is 3.49. The summed E-state index contributed by atoms with van der Waals surface area (Å²) >= 11 is 0. The number of carbonyl (C=O) groups is 1. The van der Waals surface area contributed by atoms with Gasteiger partial charge in [0.1, 0.15) is 11.9 Å². The van der Waals surface area contributed by atoms with Crippen LogP contribution in [0.5, 0.6) is 0 Å². The molecule has 1 aliphatic carbocycles. The molecule has 1 heterocycles. The summed E-state index contributed by atoms with van der Waals surface area (Å²) in [7, 11) is 0. The third kappa shape index (κ3) is 1.77. The Balaban J connectivity index is 2.09. The predicted molar refractivity (Wildman–Crippen MR) is 50.5 cm³/mol. The number of allylic oxidation sites excluding steroid dienone is 1. The molecule has 1 aromatic rings. The highest BCUT2D eigenvalue weighted by molar-refractivity contribution is 5.90. The topological polar surface area (TPSA) is 50.4 Å². The normalized spacial score (nSPS) is 23.8. The fourth-order valence-corrected chi connectivity index (χ4v) is 1.65. The number of hydrogen-bond acceptors (Lipinski definition) is 3. The zero-order valence-corrected chi connectivity index (χ0v) is 7.72. The quantitative estimate of drug-likeness (QED) is 0.777. The Hall–Kier alpha value is -1.35. The van der Waals surface area contributed by atoms with E-state index in [1.165, 1.54) is 6.26 Å². The SMILES string of the molecule is O=C1C=CC(C(O)c2ccco2)CC1. The molecule has 1 N–H and O–H groups in total. The highest BCUT2D eigenvalue weighted by Gasteiger charge is 2.23. The van der Waals surface area contributed by atoms with Crippen molar-refractivity contribution in [1.29, 1.82) is 0 Å². The van der Waals surface area contributed by atoms with Crippen LogP contribution in [0.3, 0.4) is 0 Å². The lowest BCUT2D eigenvalue weighted by Gasteiger charge is -2.19. The largest absolute Gasteiger partial charge is 0.467 e. The van der Waals surface area contributed by atoms with Crippen molar-refractivity contribution in [2.75, 3.05) is 0 Å². The van der Waals surface area contributed by atoms with Crippen LogP contribution in [0.15, 0.2) is 35.0 Å². The second-order valence-electron chi connectivity index (χ2n) is 3.49. The van der Waals surface area contributed by atoms with Gasteiger partial charge in [0.25, 0.3) is 0 Å². The maximum absolute atomic E-state index is 10.9. The molecule has 74 valence electrons. The lowest BCUT2D eigenvalue weighted by molar-refractivity contribution is -0.115. The van der Waals surface area contributed by atoms with Gasteiger partial charge in [-0.1, -0.05) is 6.08 Å². The summed E-state index contributed by atoms with van der Waals surface area (Å²) < 4.78 is 5.11. The first kappa shape index (κ1) is 9.21. The van der Waals surface area contributed by atoms with E-state index in [1.807, 2.05) is 0 Å². The molecule has 0 saturated heterocycles. The van der Waals surface area contributed by atoms with E-state index in [9.17, 15) is 9.90 Å². The molecule has 2 atom stereocenters. The van der Waals surface area contributed by atoms with Gasteiger partial charge in [0.15, 0.2) is 5.78 Å². The molecule has 2 unspecified atom stereocenters. The van der Waals surface area contributed by atoms with Gasteiger partial charge in [0.05, 0.1) is 6.26 Å². The molecule has 0 bridgehead atoms. The van der Waals surface area contributed by atoms with Crippen molar-refractivity contribution in [2.24, 2.45) is 5.92 Å². The molecule has 0 saturated carbocycles. The summed E-state index contributed by atoms with van der Waals surface area (Å²) in [6.45, 7) is 0. The number of furan rings is 1. The Morgan fingerprint density at radius 3 is 3.00 bits per heavy atom. The van der Waals surface area contributed by atoms with Gasteiger partial charge >= 0.3 is 0 Å². The van der Waals surface area contributed by atoms with Crippen molar-refractivity contribution in [2.45, 2.75) is 18.9 Å². The van der Waals surface area contributed by atoms with Crippen LogP contribution in [-0.4, -0.2) is 10.9 Å². The Kier molecular flexibility index (Phi) is 2.50. The molecule has 0 amide bonds. The molecule has 14 heavy (non-hydrogen) atoms. The van der Waals surface area contributed by atoms with Gasteiger partial charge in [-0.2, -0.15) is 0 Å². The molecule has 0 radical (unpaired) electrons. The van der Waals surface area contributed by atoms with Crippen LogP contribution < -0.4 is 0 Å². The van der Waals surface area contributed by atoms with E-state index in [0.29, 0.717) is 18.6 Å². The monoisotopic (exact) mass is 192 g/mol. The lowest BCUT2D eigenvalue weighted by Crippen LogP contribution is -2.15. The first-order valence-corrected chi connectivity index (χ1v) is 4.70. The summed E-state index contributed by atoms with van der Waals surface area (Å²) in [5.41, 5.74) is 0. The molecule has 0 fully saturated rings. The maximum Gasteiger partial charge on any atom is 0.155 e. The van der Waals surface area contributed by atoms with E-state index in [2.05, 4.69) is 0 Å². The maximum atomic E-state index is 10.9. The molecule has 3 nitrogen and oxygen atoms in total. The predicted octanol–water partition coefficient (Wildman–Crippen LogP) is 1.85. The van der Waals surface area contributed by atoms with Crippen molar-refractivity contribution in [3.05, 3.63) is 36.3 Å². The van der Waals surface area contributed by atoms with Crippen molar-refractivity contribution in [3.63, 3.8) is 0 Å². The van der Waals surface area contributed by atoms with E-state index in [1.54, 1.807) is 24.3 Å². The van der Waals surface area contributed by atoms with Crippen molar-refractivity contribution in [1.82, 2.24) is 0 Å². The average Bonchev–Trinajstić information content (AvgIpc) is 2.71. The second kappa shape index (κ2) is 3.80. The van der Waals surface area contributed by atoms with Gasteiger partial charge in [0, 0.05) is 12.3 Å². The number of rotatable bonds is 2. The molecule has 0 spiro atoms. The minimum atomic E-state index is -0.630. The van der Waals surface area contributed by atoms with Crippen molar-refractivity contribution < 1.29 is 14.3 Å². The summed E-state index contributed by atoms with van der Waals surface area (Å²) in [5.74, 6) is 0.695. The van der Waals surface area contributed by atoms with E-state index >= 15 is 0 Å². The van der Waals surface area contributed by atoms with Gasteiger partial charge in [0.2, 0.25) is 0 Å². The smallest absolute Gasteiger partial charge is 0.155 e. The second-order valence-corrected chi connectivity index (χ2v) is 3.49. The Morgan fingerprint density at radius 2 is 2.43 bits per heavy atom. The fraction of sp³-hybridized carbons (Fsp3) is 0.364. The fourth-order valence-electron chi connectivity index (χ4n) is 1.65. The Bertz CT molecular complexity index is 337. The van der Waals surface area contributed by atoms with Crippen LogP contribution in [0.2, 0.25) is 0 Å². The van der Waals surface area contributed by atoms with E-state index in [0.717, 1.165) is 0 Å². The Labute approximate surface area is 82.0 Å². The molecule has 0 aliphatic heterocycles. The number of aliphatic hydroxyl groups excluding tert-OH is 1. The minimum Gasteiger partial charge on any atom is -0.467 e.